The highest BCUT2D eigenvalue weighted by Crippen LogP contribution is 2.46. The maximum atomic E-state index is 4.41. The van der Waals surface area contributed by atoms with Crippen molar-refractivity contribution in [1.82, 2.24) is 9.80 Å². The average Bonchev–Trinajstić information content (AvgIpc) is 2.39. The Balaban J connectivity index is 2.35. The van der Waals surface area contributed by atoms with Crippen LogP contribution in [0, 0.1) is 0 Å². The number of hydrogen-bond acceptors (Lipinski definition) is 1. The van der Waals surface area contributed by atoms with E-state index in [4.69, 9.17) is 0 Å². The van der Waals surface area contributed by atoms with E-state index >= 15 is 0 Å². The van der Waals surface area contributed by atoms with Crippen LogP contribution in [0.3, 0.4) is 0 Å². The average molecular weight is 207 g/mol. The van der Waals surface area contributed by atoms with Gasteiger partial charge in [-0.15, -0.1) is 0 Å². The van der Waals surface area contributed by atoms with Crippen LogP contribution in [0.4, 0.5) is 0 Å². The van der Waals surface area contributed by atoms with E-state index in [9.17, 15) is 0 Å². The predicted molar refractivity (Wildman–Crippen MR) is 67.2 cm³/mol. The minimum Gasteiger partial charge on any atom is -0.341 e. The molecule has 2 rings (SSSR count). The first-order chi connectivity index (χ1) is 6.99. The molecule has 1 aliphatic heterocycles. The summed E-state index contributed by atoms with van der Waals surface area (Å²) in [6, 6.07) is 1.30. The quantitative estimate of drug-likeness (QED) is 0.541. The molecule has 1 saturated carbocycles. The third kappa shape index (κ3) is 1.45. The van der Waals surface area contributed by atoms with Gasteiger partial charge in [0.1, 0.15) is 7.85 Å². The van der Waals surface area contributed by atoms with Gasteiger partial charge in [-0.1, -0.05) is 19.8 Å². The second-order valence-electron chi connectivity index (χ2n) is 5.64. The molecule has 0 spiro atoms. The zero-order chi connectivity index (χ0) is 11.2. The van der Waals surface area contributed by atoms with Crippen molar-refractivity contribution in [3.63, 3.8) is 0 Å². The smallest absolute Gasteiger partial charge is 0.196 e. The molecule has 3 nitrogen and oxygen atoms in total. The van der Waals surface area contributed by atoms with Crippen LogP contribution in [0.25, 0.3) is 0 Å². The molecule has 0 aromatic carbocycles. The molecule has 0 aromatic rings. The Morgan fingerprint density at radius 1 is 1.40 bits per heavy atom. The predicted octanol–water partition coefficient (Wildman–Crippen LogP) is 0.582. The van der Waals surface area contributed by atoms with Gasteiger partial charge in [-0.05, 0) is 11.7 Å². The summed E-state index contributed by atoms with van der Waals surface area (Å²) in [7, 11) is 8.67. The Morgan fingerprint density at radius 3 is 2.60 bits per heavy atom. The van der Waals surface area contributed by atoms with Crippen LogP contribution < -0.4 is 0 Å². The van der Waals surface area contributed by atoms with Gasteiger partial charge in [0.2, 0.25) is 0 Å². The van der Waals surface area contributed by atoms with Crippen LogP contribution in [0.15, 0.2) is 4.99 Å². The summed E-state index contributed by atoms with van der Waals surface area (Å²) >= 11 is 0. The molecular weight excluding hydrogens is 185 g/mol. The van der Waals surface area contributed by atoms with Crippen molar-refractivity contribution < 1.29 is 0 Å². The second-order valence-corrected chi connectivity index (χ2v) is 5.64. The minimum atomic E-state index is 0.415. The van der Waals surface area contributed by atoms with E-state index in [0.29, 0.717) is 17.4 Å². The molecule has 1 aliphatic carbocycles. The van der Waals surface area contributed by atoms with Crippen molar-refractivity contribution in [2.75, 3.05) is 21.1 Å². The molecule has 1 saturated heterocycles. The molecule has 0 bridgehead atoms. The first-order valence-corrected chi connectivity index (χ1v) is 5.91. The van der Waals surface area contributed by atoms with E-state index in [2.05, 4.69) is 43.7 Å². The Morgan fingerprint density at radius 2 is 2.07 bits per heavy atom. The molecule has 2 fully saturated rings. The van der Waals surface area contributed by atoms with Crippen LogP contribution in [-0.2, 0) is 0 Å². The van der Waals surface area contributed by atoms with Crippen LogP contribution in [-0.4, -0.2) is 56.8 Å². The first-order valence-electron chi connectivity index (χ1n) is 5.91. The SMILES string of the molecule is BC1(C)CCCC2C1N(C)/C(=N/C)N2C. The number of likely N-dealkylation sites (N-methyl/N-ethyl adjacent to an activating group) is 2. The zero-order valence-corrected chi connectivity index (χ0v) is 10.6. The molecule has 2 aliphatic rings. The van der Waals surface area contributed by atoms with E-state index in [0.717, 1.165) is 5.96 Å². The molecule has 4 heteroatoms. The Kier molecular flexibility index (Phi) is 2.48. The van der Waals surface area contributed by atoms with Gasteiger partial charge in [0.15, 0.2) is 5.96 Å². The summed E-state index contributed by atoms with van der Waals surface area (Å²) in [6.45, 7) is 2.40. The van der Waals surface area contributed by atoms with E-state index in [-0.39, 0.29) is 0 Å². The van der Waals surface area contributed by atoms with Gasteiger partial charge >= 0.3 is 0 Å². The highest BCUT2D eigenvalue weighted by atomic mass is 15.5. The van der Waals surface area contributed by atoms with Gasteiger partial charge in [-0.25, -0.2) is 0 Å². The molecule has 0 N–H and O–H groups in total. The second kappa shape index (κ2) is 3.43. The van der Waals surface area contributed by atoms with Crippen LogP contribution in [0.1, 0.15) is 26.2 Å². The lowest BCUT2D eigenvalue weighted by Crippen LogP contribution is -2.47. The van der Waals surface area contributed by atoms with Crippen molar-refractivity contribution in [3.05, 3.63) is 0 Å². The third-order valence-electron chi connectivity index (χ3n) is 4.23. The van der Waals surface area contributed by atoms with Crippen LogP contribution >= 0.6 is 0 Å². The number of fused-ring (bicyclic) bond motifs is 1. The van der Waals surface area contributed by atoms with Gasteiger partial charge in [-0.2, -0.15) is 0 Å². The highest BCUT2D eigenvalue weighted by Gasteiger charge is 2.49. The summed E-state index contributed by atoms with van der Waals surface area (Å²) in [4.78, 5) is 9.15. The molecule has 1 heterocycles. The third-order valence-corrected chi connectivity index (χ3v) is 4.23. The molecule has 0 aromatic heterocycles. The molecular formula is C11H22BN3. The maximum Gasteiger partial charge on any atom is 0.196 e. The summed E-state index contributed by atoms with van der Waals surface area (Å²) in [5.74, 6) is 1.15. The molecule has 3 atom stereocenters. The van der Waals surface area contributed by atoms with Gasteiger partial charge < -0.3 is 9.80 Å². The van der Waals surface area contributed by atoms with Crippen molar-refractivity contribution in [1.29, 1.82) is 0 Å². The van der Waals surface area contributed by atoms with Crippen LogP contribution in [0.2, 0.25) is 5.31 Å². The fourth-order valence-electron chi connectivity index (χ4n) is 3.62. The number of rotatable bonds is 0. The Hall–Kier alpha value is -0.665. The van der Waals surface area contributed by atoms with Gasteiger partial charge in [0.05, 0.1) is 12.1 Å². The normalized spacial score (nSPS) is 43.6. The van der Waals surface area contributed by atoms with E-state index in [1.54, 1.807) is 0 Å². The van der Waals surface area contributed by atoms with Crippen LogP contribution in [0.5, 0.6) is 0 Å². The van der Waals surface area contributed by atoms with Crippen molar-refractivity contribution in [3.8, 4) is 0 Å². The van der Waals surface area contributed by atoms with Crippen molar-refractivity contribution in [2.45, 2.75) is 43.6 Å². The van der Waals surface area contributed by atoms with Crippen molar-refractivity contribution in [2.24, 2.45) is 4.99 Å². The zero-order valence-electron chi connectivity index (χ0n) is 10.6. The van der Waals surface area contributed by atoms with E-state index in [1.165, 1.54) is 19.3 Å². The summed E-state index contributed by atoms with van der Waals surface area (Å²) in [5, 5.41) is 0.415. The maximum absolute atomic E-state index is 4.41. The largest absolute Gasteiger partial charge is 0.341 e. The minimum absolute atomic E-state index is 0.415. The summed E-state index contributed by atoms with van der Waals surface area (Å²) in [5.41, 5.74) is 0. The molecule has 84 valence electrons. The fraction of sp³-hybridized carbons (Fsp3) is 0.909. The van der Waals surface area contributed by atoms with Gasteiger partial charge in [0.25, 0.3) is 0 Å². The first kappa shape index (κ1) is 10.8. The molecule has 0 amide bonds. The van der Waals surface area contributed by atoms with Gasteiger partial charge in [0, 0.05) is 21.1 Å². The topological polar surface area (TPSA) is 18.8 Å². The van der Waals surface area contributed by atoms with E-state index in [1.807, 2.05) is 7.05 Å². The molecule has 3 unspecified atom stereocenters. The lowest BCUT2D eigenvalue weighted by Gasteiger charge is -2.43. The van der Waals surface area contributed by atoms with Crippen molar-refractivity contribution >= 4 is 13.8 Å². The number of guanidine groups is 1. The lowest BCUT2D eigenvalue weighted by atomic mass is 9.57. The fourth-order valence-corrected chi connectivity index (χ4v) is 3.62. The molecule has 15 heavy (non-hydrogen) atoms. The number of aliphatic imine (C=N–C) groups is 1. The van der Waals surface area contributed by atoms with Gasteiger partial charge in [-0.3, -0.25) is 4.99 Å². The number of hydrogen-bond donors (Lipinski definition) is 0. The lowest BCUT2D eigenvalue weighted by molar-refractivity contribution is 0.185. The number of nitrogens with zero attached hydrogens (tertiary/aromatic N) is 3. The summed E-state index contributed by atoms with van der Waals surface area (Å²) < 4.78 is 0. The summed E-state index contributed by atoms with van der Waals surface area (Å²) in [6.07, 6.45) is 4.00. The van der Waals surface area contributed by atoms with E-state index < -0.39 is 0 Å². The molecule has 0 radical (unpaired) electrons. The highest BCUT2D eigenvalue weighted by molar-refractivity contribution is 6.16. The Bertz CT molecular complexity index is 288. The Labute approximate surface area is 93.9 Å². The standard InChI is InChI=1S/C11H22BN3/c1-11(12)7-5-6-8-9(11)15(4)10(13-2)14(8)3/h8-9H,5-7,12H2,1-4H3/b13-10+. The monoisotopic (exact) mass is 207 g/mol.